The summed E-state index contributed by atoms with van der Waals surface area (Å²) >= 11 is 0. The highest BCUT2D eigenvalue weighted by molar-refractivity contribution is 5.93. The normalized spacial score (nSPS) is 9.21. The number of rotatable bonds is 2. The smallest absolute Gasteiger partial charge is 0.248 e. The van der Waals surface area contributed by atoms with E-state index in [-0.39, 0.29) is 0 Å². The molecule has 4 nitrogen and oxygen atoms in total. The Bertz CT molecular complexity index is 419. The first-order valence-electron chi connectivity index (χ1n) is 3.98. The Kier molecular flexibility index (Phi) is 2.73. The molecule has 72 valence electrons. The van der Waals surface area contributed by atoms with Crippen molar-refractivity contribution in [3.63, 3.8) is 0 Å². The Morgan fingerprint density at radius 3 is 2.64 bits per heavy atom. The van der Waals surface area contributed by atoms with Crippen LogP contribution in [-0.4, -0.2) is 13.0 Å². The summed E-state index contributed by atoms with van der Waals surface area (Å²) in [6.45, 7) is 1.76. The Balaban J connectivity index is 3.41. The van der Waals surface area contributed by atoms with Gasteiger partial charge in [-0.05, 0) is 24.6 Å². The van der Waals surface area contributed by atoms with Crippen LogP contribution in [0.15, 0.2) is 12.1 Å². The summed E-state index contributed by atoms with van der Waals surface area (Å²) in [5.41, 5.74) is 6.47. The number of benzene rings is 1. The molecular weight excluding hydrogens is 180 g/mol. The number of primary amides is 1. The maximum atomic E-state index is 10.9. The van der Waals surface area contributed by atoms with Gasteiger partial charge in [-0.15, -0.1) is 0 Å². The van der Waals surface area contributed by atoms with Crippen molar-refractivity contribution in [2.24, 2.45) is 5.73 Å². The van der Waals surface area contributed by atoms with Crippen LogP contribution in [0, 0.1) is 18.3 Å². The molecule has 0 heterocycles. The van der Waals surface area contributed by atoms with Crippen molar-refractivity contribution in [2.45, 2.75) is 6.92 Å². The highest BCUT2D eigenvalue weighted by Crippen LogP contribution is 2.24. The maximum Gasteiger partial charge on any atom is 0.248 e. The summed E-state index contributed by atoms with van der Waals surface area (Å²) in [5.74, 6) is -0.0650. The van der Waals surface area contributed by atoms with E-state index in [0.717, 1.165) is 5.56 Å². The van der Waals surface area contributed by atoms with Crippen LogP contribution in [-0.2, 0) is 0 Å². The van der Waals surface area contributed by atoms with E-state index < -0.39 is 5.91 Å². The summed E-state index contributed by atoms with van der Waals surface area (Å²) < 4.78 is 5.03. The highest BCUT2D eigenvalue weighted by atomic mass is 16.5. The van der Waals surface area contributed by atoms with Crippen molar-refractivity contribution < 1.29 is 9.53 Å². The third-order valence-electron chi connectivity index (χ3n) is 1.88. The monoisotopic (exact) mass is 190 g/mol. The van der Waals surface area contributed by atoms with Crippen molar-refractivity contribution in [3.8, 4) is 11.8 Å². The second-order valence-electron chi connectivity index (χ2n) is 2.85. The lowest BCUT2D eigenvalue weighted by molar-refractivity contribution is 0.1000. The van der Waals surface area contributed by atoms with Gasteiger partial charge in [0.15, 0.2) is 0 Å². The molecule has 0 atom stereocenters. The quantitative estimate of drug-likeness (QED) is 0.755. The fraction of sp³-hybridized carbons (Fsp3) is 0.200. The molecule has 14 heavy (non-hydrogen) atoms. The molecule has 1 aromatic carbocycles. The standard InChI is InChI=1S/C10H10N2O2/c1-6-3-7(10(12)13)4-8(5-11)9(6)14-2/h3-4H,1-2H3,(H2,12,13). The van der Waals surface area contributed by atoms with Crippen LogP contribution in [0.2, 0.25) is 0 Å². The number of hydrogen-bond donors (Lipinski definition) is 1. The topological polar surface area (TPSA) is 76.1 Å². The van der Waals surface area contributed by atoms with Gasteiger partial charge in [-0.2, -0.15) is 5.26 Å². The average Bonchev–Trinajstić information content (AvgIpc) is 2.16. The Labute approximate surface area is 81.9 Å². The molecule has 1 aromatic rings. The molecule has 0 fully saturated rings. The van der Waals surface area contributed by atoms with Crippen LogP contribution >= 0.6 is 0 Å². The zero-order valence-corrected chi connectivity index (χ0v) is 8.00. The molecule has 2 N–H and O–H groups in total. The van der Waals surface area contributed by atoms with Gasteiger partial charge in [0.25, 0.3) is 0 Å². The van der Waals surface area contributed by atoms with E-state index in [2.05, 4.69) is 0 Å². The first kappa shape index (κ1) is 10.1. The van der Waals surface area contributed by atoms with Crippen LogP contribution in [0.1, 0.15) is 21.5 Å². The van der Waals surface area contributed by atoms with Crippen molar-refractivity contribution in [1.29, 1.82) is 5.26 Å². The van der Waals surface area contributed by atoms with E-state index in [9.17, 15) is 4.79 Å². The number of nitriles is 1. The van der Waals surface area contributed by atoms with E-state index in [1.165, 1.54) is 13.2 Å². The number of hydrogen-bond acceptors (Lipinski definition) is 3. The molecule has 0 aromatic heterocycles. The molecule has 0 saturated heterocycles. The molecule has 0 aliphatic carbocycles. The molecule has 0 aliphatic heterocycles. The zero-order valence-electron chi connectivity index (χ0n) is 8.00. The lowest BCUT2D eigenvalue weighted by Crippen LogP contribution is -2.11. The molecule has 0 spiro atoms. The molecule has 0 saturated carbocycles. The first-order chi connectivity index (χ1) is 6.60. The predicted molar refractivity (Wildman–Crippen MR) is 51.0 cm³/mol. The second kappa shape index (κ2) is 3.79. The van der Waals surface area contributed by atoms with Gasteiger partial charge < -0.3 is 10.5 Å². The molecule has 0 bridgehead atoms. The maximum absolute atomic E-state index is 10.9. The van der Waals surface area contributed by atoms with Crippen LogP contribution in [0.3, 0.4) is 0 Å². The number of aryl methyl sites for hydroxylation is 1. The van der Waals surface area contributed by atoms with Crippen molar-refractivity contribution >= 4 is 5.91 Å². The molecular formula is C10H10N2O2. The Morgan fingerprint density at radius 2 is 2.21 bits per heavy atom. The molecule has 0 aliphatic rings. The van der Waals surface area contributed by atoms with Gasteiger partial charge in [-0.1, -0.05) is 0 Å². The minimum atomic E-state index is -0.549. The minimum Gasteiger partial charge on any atom is -0.495 e. The number of carbonyl (C=O) groups is 1. The van der Waals surface area contributed by atoms with Crippen molar-refractivity contribution in [3.05, 3.63) is 28.8 Å². The highest BCUT2D eigenvalue weighted by Gasteiger charge is 2.10. The van der Waals surface area contributed by atoms with Crippen LogP contribution in [0.5, 0.6) is 5.75 Å². The van der Waals surface area contributed by atoms with Crippen molar-refractivity contribution in [2.75, 3.05) is 7.11 Å². The molecule has 0 unspecified atom stereocenters. The fourth-order valence-corrected chi connectivity index (χ4v) is 1.27. The Hall–Kier alpha value is -2.02. The molecule has 1 amide bonds. The summed E-state index contributed by atoms with van der Waals surface area (Å²) in [4.78, 5) is 10.9. The average molecular weight is 190 g/mol. The van der Waals surface area contributed by atoms with Crippen LogP contribution < -0.4 is 10.5 Å². The van der Waals surface area contributed by atoms with E-state index >= 15 is 0 Å². The Morgan fingerprint density at radius 1 is 1.57 bits per heavy atom. The first-order valence-corrected chi connectivity index (χ1v) is 3.98. The minimum absolute atomic E-state index is 0.319. The fourth-order valence-electron chi connectivity index (χ4n) is 1.27. The third-order valence-corrected chi connectivity index (χ3v) is 1.88. The van der Waals surface area contributed by atoms with Gasteiger partial charge in [0.2, 0.25) is 5.91 Å². The van der Waals surface area contributed by atoms with E-state index in [0.29, 0.717) is 16.9 Å². The zero-order chi connectivity index (χ0) is 10.7. The predicted octanol–water partition coefficient (Wildman–Crippen LogP) is 0.974. The lowest BCUT2D eigenvalue weighted by atomic mass is 10.1. The van der Waals surface area contributed by atoms with Gasteiger partial charge in [-0.25, -0.2) is 0 Å². The number of methoxy groups -OCH3 is 1. The van der Waals surface area contributed by atoms with Crippen LogP contribution in [0.4, 0.5) is 0 Å². The number of nitrogens with zero attached hydrogens (tertiary/aromatic N) is 1. The SMILES string of the molecule is COc1c(C)cc(C(N)=O)cc1C#N. The molecule has 0 radical (unpaired) electrons. The summed E-state index contributed by atoms with van der Waals surface area (Å²) in [6, 6.07) is 4.97. The summed E-state index contributed by atoms with van der Waals surface area (Å²) in [7, 11) is 1.48. The van der Waals surface area contributed by atoms with E-state index in [1.807, 2.05) is 6.07 Å². The van der Waals surface area contributed by atoms with E-state index in [4.69, 9.17) is 15.7 Å². The second-order valence-corrected chi connectivity index (χ2v) is 2.85. The van der Waals surface area contributed by atoms with Gasteiger partial charge >= 0.3 is 0 Å². The number of carbonyl (C=O) groups excluding carboxylic acids is 1. The van der Waals surface area contributed by atoms with Gasteiger partial charge in [0.1, 0.15) is 11.8 Å². The lowest BCUT2D eigenvalue weighted by Gasteiger charge is -2.07. The van der Waals surface area contributed by atoms with Gasteiger partial charge in [-0.3, -0.25) is 4.79 Å². The summed E-state index contributed by atoms with van der Waals surface area (Å²) in [6.07, 6.45) is 0. The third kappa shape index (κ3) is 1.67. The number of amides is 1. The van der Waals surface area contributed by atoms with Gasteiger partial charge in [0, 0.05) is 5.56 Å². The van der Waals surface area contributed by atoms with Crippen LogP contribution in [0.25, 0.3) is 0 Å². The van der Waals surface area contributed by atoms with E-state index in [1.54, 1.807) is 13.0 Å². The number of ether oxygens (including phenoxy) is 1. The molecule has 4 heteroatoms. The molecule has 1 rings (SSSR count). The van der Waals surface area contributed by atoms with Crippen molar-refractivity contribution in [1.82, 2.24) is 0 Å². The summed E-state index contributed by atoms with van der Waals surface area (Å²) in [5, 5.41) is 8.80. The largest absolute Gasteiger partial charge is 0.495 e. The van der Waals surface area contributed by atoms with Gasteiger partial charge in [0.05, 0.1) is 12.7 Å². The number of nitrogens with two attached hydrogens (primary N) is 1.